The van der Waals surface area contributed by atoms with Crippen LogP contribution >= 0.6 is 39.5 Å². The number of hydrogen-bond acceptors (Lipinski definition) is 4. The molecule has 124 valence electrons. The third kappa shape index (κ3) is 3.48. The Hall–Kier alpha value is -0.500. The summed E-state index contributed by atoms with van der Waals surface area (Å²) in [7, 11) is 0. The standard InChI is InChI=1S/C16H21BrN4S2/c1-2-19(9-13-7-8-14(17)23-13)10-20-16(22)21(12-5-6-12)15(18-20)11-3-4-11/h7-8,11-12H,2-6,9-10H2,1H3. The predicted molar refractivity (Wildman–Crippen MR) is 99.4 cm³/mol. The molecule has 0 aliphatic heterocycles. The molecule has 0 saturated heterocycles. The Morgan fingerprint density at radius 3 is 2.70 bits per heavy atom. The minimum absolute atomic E-state index is 0.621. The first kappa shape index (κ1) is 16.0. The van der Waals surface area contributed by atoms with Crippen molar-refractivity contribution in [3.05, 3.63) is 31.4 Å². The molecule has 2 heterocycles. The second-order valence-electron chi connectivity index (χ2n) is 6.51. The molecule has 2 aromatic rings. The van der Waals surface area contributed by atoms with Crippen molar-refractivity contribution in [3.63, 3.8) is 0 Å². The number of nitrogens with zero attached hydrogens (tertiary/aromatic N) is 4. The molecule has 2 aromatic heterocycles. The topological polar surface area (TPSA) is 26.0 Å². The summed E-state index contributed by atoms with van der Waals surface area (Å²) in [6.07, 6.45) is 5.08. The van der Waals surface area contributed by atoms with E-state index in [4.69, 9.17) is 17.3 Å². The van der Waals surface area contributed by atoms with Gasteiger partial charge in [0.05, 0.1) is 10.5 Å². The lowest BCUT2D eigenvalue weighted by molar-refractivity contribution is 0.208. The Bertz CT molecular complexity index is 754. The van der Waals surface area contributed by atoms with Gasteiger partial charge in [0.15, 0.2) is 4.77 Å². The lowest BCUT2D eigenvalue weighted by atomic mass is 10.4. The summed E-state index contributed by atoms with van der Waals surface area (Å²) in [5.74, 6) is 1.90. The van der Waals surface area contributed by atoms with Gasteiger partial charge in [0.25, 0.3) is 0 Å². The van der Waals surface area contributed by atoms with Crippen molar-refractivity contribution in [2.45, 2.75) is 57.8 Å². The molecule has 2 aliphatic carbocycles. The first-order valence-electron chi connectivity index (χ1n) is 8.31. The summed E-state index contributed by atoms with van der Waals surface area (Å²) in [6.45, 7) is 4.92. The average Bonchev–Trinajstić information content (AvgIpc) is 3.45. The quantitative estimate of drug-likeness (QED) is 0.602. The van der Waals surface area contributed by atoms with Gasteiger partial charge >= 0.3 is 0 Å². The van der Waals surface area contributed by atoms with E-state index in [2.05, 4.69) is 44.5 Å². The van der Waals surface area contributed by atoms with E-state index < -0.39 is 0 Å². The maximum atomic E-state index is 5.74. The number of rotatable bonds is 7. The molecule has 2 aliphatic rings. The summed E-state index contributed by atoms with van der Waals surface area (Å²) in [6, 6.07) is 4.93. The SMILES string of the molecule is CCN(Cc1ccc(Br)s1)Cn1nc(C2CC2)n(C2CC2)c1=S. The zero-order valence-corrected chi connectivity index (χ0v) is 16.5. The first-order chi connectivity index (χ1) is 11.2. The van der Waals surface area contributed by atoms with Crippen LogP contribution in [0.4, 0.5) is 0 Å². The summed E-state index contributed by atoms with van der Waals surface area (Å²) >= 11 is 11.1. The van der Waals surface area contributed by atoms with Gasteiger partial charge in [0.2, 0.25) is 0 Å². The fraction of sp³-hybridized carbons (Fsp3) is 0.625. The van der Waals surface area contributed by atoms with Crippen LogP contribution in [0, 0.1) is 4.77 Å². The van der Waals surface area contributed by atoms with E-state index in [-0.39, 0.29) is 0 Å². The van der Waals surface area contributed by atoms with E-state index in [9.17, 15) is 0 Å². The lowest BCUT2D eigenvalue weighted by Gasteiger charge is -2.19. The van der Waals surface area contributed by atoms with Gasteiger partial charge in [0.1, 0.15) is 5.82 Å². The maximum Gasteiger partial charge on any atom is 0.199 e. The molecular formula is C16H21BrN4S2. The van der Waals surface area contributed by atoms with Crippen molar-refractivity contribution in [1.82, 2.24) is 19.2 Å². The normalized spacial score (nSPS) is 18.0. The van der Waals surface area contributed by atoms with E-state index in [0.717, 1.165) is 24.5 Å². The van der Waals surface area contributed by atoms with Crippen molar-refractivity contribution in [2.75, 3.05) is 6.54 Å². The van der Waals surface area contributed by atoms with Gasteiger partial charge in [-0.3, -0.25) is 4.90 Å². The zero-order chi connectivity index (χ0) is 16.0. The molecular weight excluding hydrogens is 392 g/mol. The van der Waals surface area contributed by atoms with E-state index in [1.807, 2.05) is 4.68 Å². The van der Waals surface area contributed by atoms with Gasteiger partial charge < -0.3 is 4.57 Å². The summed E-state index contributed by atoms with van der Waals surface area (Å²) in [4.78, 5) is 3.77. The van der Waals surface area contributed by atoms with Crippen molar-refractivity contribution in [1.29, 1.82) is 0 Å². The van der Waals surface area contributed by atoms with E-state index in [1.165, 1.54) is 40.2 Å². The van der Waals surface area contributed by atoms with Gasteiger partial charge in [-0.25, -0.2) is 4.68 Å². The predicted octanol–water partition coefficient (Wildman–Crippen LogP) is 4.93. The van der Waals surface area contributed by atoms with Crippen LogP contribution in [0.2, 0.25) is 0 Å². The van der Waals surface area contributed by atoms with Gasteiger partial charge in [-0.05, 0) is 72.5 Å². The van der Waals surface area contributed by atoms with Crippen LogP contribution < -0.4 is 0 Å². The molecule has 0 amide bonds. The van der Waals surface area contributed by atoms with E-state index in [1.54, 1.807) is 11.3 Å². The fourth-order valence-electron chi connectivity index (χ4n) is 2.93. The molecule has 4 rings (SSSR count). The monoisotopic (exact) mass is 412 g/mol. The van der Waals surface area contributed by atoms with Crippen LogP contribution in [0.1, 0.15) is 55.3 Å². The maximum absolute atomic E-state index is 5.74. The highest BCUT2D eigenvalue weighted by Crippen LogP contribution is 2.44. The van der Waals surface area contributed by atoms with Gasteiger partial charge in [0, 0.05) is 23.4 Å². The van der Waals surface area contributed by atoms with Crippen LogP contribution in [0.15, 0.2) is 15.9 Å². The summed E-state index contributed by atoms with van der Waals surface area (Å²) in [5.41, 5.74) is 0. The minimum atomic E-state index is 0.621. The third-order valence-corrected chi connectivity index (χ3v) is 6.56. The Balaban J connectivity index is 1.55. The number of halogens is 1. The molecule has 4 nitrogen and oxygen atoms in total. The average molecular weight is 413 g/mol. The van der Waals surface area contributed by atoms with Crippen LogP contribution in [-0.4, -0.2) is 25.8 Å². The second-order valence-corrected chi connectivity index (χ2v) is 9.42. The molecule has 7 heteroatoms. The van der Waals surface area contributed by atoms with Gasteiger partial charge in [-0.2, -0.15) is 5.10 Å². The molecule has 23 heavy (non-hydrogen) atoms. The van der Waals surface area contributed by atoms with Gasteiger partial charge in [-0.1, -0.05) is 6.92 Å². The highest BCUT2D eigenvalue weighted by atomic mass is 79.9. The lowest BCUT2D eigenvalue weighted by Crippen LogP contribution is -2.26. The highest BCUT2D eigenvalue weighted by molar-refractivity contribution is 9.11. The van der Waals surface area contributed by atoms with Gasteiger partial charge in [-0.15, -0.1) is 11.3 Å². The smallest absolute Gasteiger partial charge is 0.199 e. The second kappa shape index (κ2) is 6.43. The molecule has 2 saturated carbocycles. The van der Waals surface area contributed by atoms with Crippen molar-refractivity contribution in [3.8, 4) is 0 Å². The third-order valence-electron chi connectivity index (χ3n) is 4.54. The molecule has 0 atom stereocenters. The Kier molecular flexibility index (Phi) is 4.47. The van der Waals surface area contributed by atoms with Crippen LogP contribution in [-0.2, 0) is 13.2 Å². The highest BCUT2D eigenvalue weighted by Gasteiger charge is 2.35. The molecule has 2 fully saturated rings. The summed E-state index contributed by atoms with van der Waals surface area (Å²) in [5, 5.41) is 4.90. The van der Waals surface area contributed by atoms with Crippen LogP contribution in [0.3, 0.4) is 0 Å². The molecule has 0 N–H and O–H groups in total. The number of thiophene rings is 1. The number of hydrogen-bond donors (Lipinski definition) is 0. The molecule has 0 radical (unpaired) electrons. The summed E-state index contributed by atoms with van der Waals surface area (Å²) < 4.78 is 6.50. The Morgan fingerprint density at radius 2 is 2.13 bits per heavy atom. The first-order valence-corrected chi connectivity index (χ1v) is 10.3. The van der Waals surface area contributed by atoms with E-state index in [0.29, 0.717) is 12.0 Å². The molecule has 0 unspecified atom stereocenters. The van der Waals surface area contributed by atoms with E-state index >= 15 is 0 Å². The van der Waals surface area contributed by atoms with Crippen molar-refractivity contribution >= 4 is 39.5 Å². The molecule has 0 aromatic carbocycles. The van der Waals surface area contributed by atoms with Crippen molar-refractivity contribution in [2.24, 2.45) is 0 Å². The van der Waals surface area contributed by atoms with Crippen molar-refractivity contribution < 1.29 is 0 Å². The van der Waals surface area contributed by atoms with Crippen LogP contribution in [0.25, 0.3) is 0 Å². The number of aromatic nitrogens is 3. The zero-order valence-electron chi connectivity index (χ0n) is 13.2. The Morgan fingerprint density at radius 1 is 1.35 bits per heavy atom. The fourth-order valence-corrected chi connectivity index (χ4v) is 4.80. The molecule has 0 spiro atoms. The minimum Gasteiger partial charge on any atom is -0.301 e. The van der Waals surface area contributed by atoms with Crippen LogP contribution in [0.5, 0.6) is 0 Å². The largest absolute Gasteiger partial charge is 0.301 e. The molecule has 0 bridgehead atoms. The Labute approximate surface area is 154 Å².